The molecule has 1 aliphatic carbocycles. The van der Waals surface area contributed by atoms with Crippen LogP contribution in [0.5, 0.6) is 0 Å². The summed E-state index contributed by atoms with van der Waals surface area (Å²) in [7, 11) is -1.80. The van der Waals surface area contributed by atoms with Gasteiger partial charge in [0, 0.05) is 57.4 Å². The molecule has 2 aliphatic rings. The number of nitrogens with zero attached hydrogens (tertiary/aromatic N) is 7. The molecule has 29 heavy (non-hydrogen) atoms. The highest BCUT2D eigenvalue weighted by Gasteiger charge is 2.32. The summed E-state index contributed by atoms with van der Waals surface area (Å²) in [6, 6.07) is 0. The van der Waals surface area contributed by atoms with Crippen molar-refractivity contribution < 1.29 is 8.42 Å². The number of aromatic nitrogens is 5. The van der Waals surface area contributed by atoms with E-state index in [-0.39, 0.29) is 5.03 Å². The minimum atomic E-state index is -3.56. The lowest BCUT2D eigenvalue weighted by molar-refractivity contribution is 0.382. The van der Waals surface area contributed by atoms with Crippen LogP contribution in [0.25, 0.3) is 5.52 Å². The minimum Gasteiger partial charge on any atom is -0.352 e. The normalized spacial score (nSPS) is 20.9. The molecule has 0 N–H and O–H groups in total. The molecule has 5 rings (SSSR count). The Balaban J connectivity index is 1.41. The third kappa shape index (κ3) is 3.10. The van der Waals surface area contributed by atoms with Crippen molar-refractivity contribution >= 4 is 21.4 Å². The Morgan fingerprint density at radius 2 is 1.93 bits per heavy atom. The Hall–Kier alpha value is -2.46. The van der Waals surface area contributed by atoms with Gasteiger partial charge in [-0.05, 0) is 25.2 Å². The van der Waals surface area contributed by atoms with E-state index in [9.17, 15) is 8.42 Å². The van der Waals surface area contributed by atoms with Crippen LogP contribution in [-0.2, 0) is 29.9 Å². The van der Waals surface area contributed by atoms with Crippen molar-refractivity contribution in [3.8, 4) is 0 Å². The van der Waals surface area contributed by atoms with E-state index in [1.165, 1.54) is 28.3 Å². The number of sulfonamides is 1. The van der Waals surface area contributed by atoms with Gasteiger partial charge in [-0.25, -0.2) is 22.9 Å². The van der Waals surface area contributed by atoms with Gasteiger partial charge in [-0.3, -0.25) is 0 Å². The van der Waals surface area contributed by atoms with Crippen LogP contribution in [0.2, 0.25) is 0 Å². The Bertz CT molecular complexity index is 1160. The SMILES string of the molecule is C[C@H]1CCc2nn3ccnc(N4CCN(S(=O)(=O)c5cn(C)cn5)CC4)c3c2C1. The molecular formula is C19H25N7O2S. The first-order chi connectivity index (χ1) is 13.9. The average Bonchev–Trinajstić information content (AvgIpc) is 3.31. The van der Waals surface area contributed by atoms with E-state index < -0.39 is 10.0 Å². The molecule has 1 atom stereocenters. The smallest absolute Gasteiger partial charge is 0.262 e. The summed E-state index contributed by atoms with van der Waals surface area (Å²) < 4.78 is 30.8. The zero-order valence-electron chi connectivity index (χ0n) is 16.7. The lowest BCUT2D eigenvalue weighted by Crippen LogP contribution is -2.49. The quantitative estimate of drug-likeness (QED) is 0.637. The Labute approximate surface area is 170 Å². The van der Waals surface area contributed by atoms with Gasteiger partial charge in [0.25, 0.3) is 10.0 Å². The highest BCUT2D eigenvalue weighted by molar-refractivity contribution is 7.89. The molecule has 0 amide bonds. The van der Waals surface area contributed by atoms with E-state index in [0.717, 1.165) is 24.2 Å². The molecule has 0 saturated carbocycles. The lowest BCUT2D eigenvalue weighted by atomic mass is 9.88. The first-order valence-corrected chi connectivity index (χ1v) is 11.5. The van der Waals surface area contributed by atoms with Gasteiger partial charge >= 0.3 is 0 Å². The van der Waals surface area contributed by atoms with Crippen molar-refractivity contribution in [3.05, 3.63) is 36.2 Å². The molecule has 3 aromatic rings. The van der Waals surface area contributed by atoms with Gasteiger partial charge in [0.05, 0.1) is 12.0 Å². The maximum atomic E-state index is 12.8. The van der Waals surface area contributed by atoms with Crippen molar-refractivity contribution in [1.82, 2.24) is 28.5 Å². The van der Waals surface area contributed by atoms with Crippen LogP contribution in [0.3, 0.4) is 0 Å². The van der Waals surface area contributed by atoms with E-state index in [0.29, 0.717) is 32.1 Å². The molecule has 0 unspecified atom stereocenters. The van der Waals surface area contributed by atoms with E-state index >= 15 is 0 Å². The van der Waals surface area contributed by atoms with Gasteiger partial charge in [-0.1, -0.05) is 6.92 Å². The van der Waals surface area contributed by atoms with Crippen molar-refractivity contribution in [2.75, 3.05) is 31.1 Å². The van der Waals surface area contributed by atoms with Crippen molar-refractivity contribution in [1.29, 1.82) is 0 Å². The van der Waals surface area contributed by atoms with Crippen LogP contribution in [0.15, 0.2) is 29.9 Å². The summed E-state index contributed by atoms with van der Waals surface area (Å²) in [5, 5.41) is 4.88. The van der Waals surface area contributed by atoms with Crippen molar-refractivity contribution in [3.63, 3.8) is 0 Å². The topological polar surface area (TPSA) is 88.6 Å². The molecule has 0 spiro atoms. The molecule has 154 valence electrons. The molecule has 1 fully saturated rings. The second-order valence-electron chi connectivity index (χ2n) is 8.09. The molecule has 1 saturated heterocycles. The van der Waals surface area contributed by atoms with Crippen LogP contribution < -0.4 is 4.90 Å². The first-order valence-electron chi connectivity index (χ1n) is 10.0. The van der Waals surface area contributed by atoms with Crippen LogP contribution in [0.1, 0.15) is 24.6 Å². The highest BCUT2D eigenvalue weighted by Crippen LogP contribution is 2.32. The maximum absolute atomic E-state index is 12.8. The van der Waals surface area contributed by atoms with Gasteiger partial charge < -0.3 is 9.47 Å². The minimum absolute atomic E-state index is 0.104. The number of aryl methyl sites for hydroxylation is 2. The number of fused-ring (bicyclic) bond motifs is 3. The summed E-state index contributed by atoms with van der Waals surface area (Å²) >= 11 is 0. The van der Waals surface area contributed by atoms with Gasteiger partial charge in [-0.15, -0.1) is 0 Å². The fourth-order valence-electron chi connectivity index (χ4n) is 4.36. The molecule has 9 nitrogen and oxygen atoms in total. The molecule has 4 heterocycles. The fraction of sp³-hybridized carbons (Fsp3) is 0.526. The fourth-order valence-corrected chi connectivity index (χ4v) is 5.75. The number of anilines is 1. The zero-order valence-corrected chi connectivity index (χ0v) is 17.5. The molecule has 0 aromatic carbocycles. The Morgan fingerprint density at radius 1 is 1.14 bits per heavy atom. The predicted molar refractivity (Wildman–Crippen MR) is 108 cm³/mol. The second kappa shape index (κ2) is 6.81. The number of imidazole rings is 1. The molecule has 1 aliphatic heterocycles. The zero-order chi connectivity index (χ0) is 20.2. The summed E-state index contributed by atoms with van der Waals surface area (Å²) in [5.41, 5.74) is 3.55. The van der Waals surface area contributed by atoms with E-state index in [1.807, 2.05) is 10.7 Å². The van der Waals surface area contributed by atoms with Gasteiger partial charge in [0.2, 0.25) is 0 Å². The summed E-state index contributed by atoms with van der Waals surface area (Å²) in [6.07, 6.45) is 9.94. The number of hydrogen-bond acceptors (Lipinski definition) is 6. The summed E-state index contributed by atoms with van der Waals surface area (Å²) in [4.78, 5) is 10.9. The number of rotatable bonds is 3. The van der Waals surface area contributed by atoms with E-state index in [2.05, 4.69) is 21.8 Å². The van der Waals surface area contributed by atoms with Crippen molar-refractivity contribution in [2.45, 2.75) is 31.2 Å². The third-order valence-electron chi connectivity index (χ3n) is 5.96. The van der Waals surface area contributed by atoms with Crippen molar-refractivity contribution in [2.24, 2.45) is 13.0 Å². The highest BCUT2D eigenvalue weighted by atomic mass is 32.2. The predicted octanol–water partition coefficient (Wildman–Crippen LogP) is 1.10. The third-order valence-corrected chi connectivity index (χ3v) is 7.74. The maximum Gasteiger partial charge on any atom is 0.262 e. The van der Waals surface area contributed by atoms with Crippen LogP contribution in [0.4, 0.5) is 5.82 Å². The lowest BCUT2D eigenvalue weighted by Gasteiger charge is -2.34. The first kappa shape index (κ1) is 18.6. The monoisotopic (exact) mass is 415 g/mol. The number of hydrogen-bond donors (Lipinski definition) is 0. The molecular weight excluding hydrogens is 390 g/mol. The molecule has 10 heteroatoms. The molecule has 0 radical (unpaired) electrons. The average molecular weight is 416 g/mol. The molecule has 0 bridgehead atoms. The summed E-state index contributed by atoms with van der Waals surface area (Å²) in [6.45, 7) is 4.29. The van der Waals surface area contributed by atoms with Gasteiger partial charge in [0.1, 0.15) is 5.52 Å². The standard InChI is InChI=1S/C19H25N7O2S/c1-14-3-4-16-15(11-14)18-19(20-5-6-26(18)22-16)24-7-9-25(10-8-24)29(27,28)17-12-23(2)13-21-17/h5-6,12-14H,3-4,7-11H2,1-2H3/t14-/m0/s1. The Morgan fingerprint density at radius 3 is 2.66 bits per heavy atom. The van der Waals surface area contributed by atoms with Gasteiger partial charge in [-0.2, -0.15) is 9.40 Å². The van der Waals surface area contributed by atoms with E-state index in [4.69, 9.17) is 5.10 Å². The number of piperazine rings is 1. The summed E-state index contributed by atoms with van der Waals surface area (Å²) in [5.74, 6) is 1.55. The van der Waals surface area contributed by atoms with E-state index in [1.54, 1.807) is 24.0 Å². The second-order valence-corrected chi connectivity index (χ2v) is 9.97. The largest absolute Gasteiger partial charge is 0.352 e. The molecule has 3 aromatic heterocycles. The van der Waals surface area contributed by atoms with Crippen LogP contribution in [0, 0.1) is 5.92 Å². The van der Waals surface area contributed by atoms with Crippen LogP contribution in [-0.4, -0.2) is 63.1 Å². The van der Waals surface area contributed by atoms with Crippen LogP contribution >= 0.6 is 0 Å². The van der Waals surface area contributed by atoms with Gasteiger partial charge in [0.15, 0.2) is 10.8 Å². The Kier molecular flexibility index (Phi) is 4.36.